The molecule has 5 heteroatoms. The SMILES string of the molecule is CCCC1OC2CC3C4CCC5=CC(=O)C=CC5(C)C4C(O)CC3(C)C2(C(=O)CC)O1.CCCCCCC(C)C. The molecule has 4 fully saturated rings. The van der Waals surface area contributed by atoms with Crippen LogP contribution < -0.4 is 0 Å². The second-order valence-electron chi connectivity index (χ2n) is 14.2. The van der Waals surface area contributed by atoms with Crippen molar-refractivity contribution >= 4 is 11.6 Å². The lowest BCUT2D eigenvalue weighted by atomic mass is 9.46. The molecule has 0 bridgehead atoms. The quantitative estimate of drug-likeness (QED) is 0.294. The van der Waals surface area contributed by atoms with Crippen molar-refractivity contribution in [2.24, 2.45) is 34.5 Å². The normalized spacial score (nSPS) is 41.4. The highest BCUT2D eigenvalue weighted by atomic mass is 16.7. The van der Waals surface area contributed by atoms with E-state index in [2.05, 4.69) is 41.5 Å². The Morgan fingerprint density at radius 3 is 2.52 bits per heavy atom. The lowest BCUT2D eigenvalue weighted by molar-refractivity contribution is -0.199. The van der Waals surface area contributed by atoms with Crippen LogP contribution >= 0.6 is 0 Å². The molecule has 0 radical (unpaired) electrons. The number of Topliss-reactive ketones (excluding diaryl/α,β-unsaturated/α-hetero) is 1. The lowest BCUT2D eigenvalue weighted by Gasteiger charge is -2.59. The molecule has 9 unspecified atom stereocenters. The number of aliphatic hydroxyl groups excluding tert-OH is 1. The lowest BCUT2D eigenvalue weighted by Crippen LogP contribution is -2.63. The fraction of sp³-hybridized carbons (Fsp3) is 0.829. The van der Waals surface area contributed by atoms with Crippen LogP contribution in [0.3, 0.4) is 0 Å². The van der Waals surface area contributed by atoms with Crippen molar-refractivity contribution in [3.8, 4) is 0 Å². The summed E-state index contributed by atoms with van der Waals surface area (Å²) in [7, 11) is 0. The topological polar surface area (TPSA) is 72.8 Å². The first-order valence-corrected chi connectivity index (χ1v) is 16.5. The van der Waals surface area contributed by atoms with Gasteiger partial charge < -0.3 is 14.6 Å². The van der Waals surface area contributed by atoms with Gasteiger partial charge in [-0.05, 0) is 62.0 Å². The summed E-state index contributed by atoms with van der Waals surface area (Å²) in [5, 5.41) is 11.6. The summed E-state index contributed by atoms with van der Waals surface area (Å²) in [4.78, 5) is 25.5. The van der Waals surface area contributed by atoms with Gasteiger partial charge in [0.1, 0.15) is 0 Å². The van der Waals surface area contributed by atoms with Crippen molar-refractivity contribution in [1.82, 2.24) is 0 Å². The van der Waals surface area contributed by atoms with E-state index >= 15 is 0 Å². The summed E-state index contributed by atoms with van der Waals surface area (Å²) in [6, 6.07) is 0. The Kier molecular flexibility index (Phi) is 9.90. The number of hydrogen-bond acceptors (Lipinski definition) is 5. The monoisotopic (exact) mass is 556 g/mol. The van der Waals surface area contributed by atoms with Gasteiger partial charge in [0.2, 0.25) is 0 Å². The molecule has 5 aliphatic rings. The number of hydrogen-bond donors (Lipinski definition) is 1. The Balaban J connectivity index is 0.000000357. The largest absolute Gasteiger partial charge is 0.393 e. The fourth-order valence-corrected chi connectivity index (χ4v) is 9.25. The molecular formula is C35H56O5. The van der Waals surface area contributed by atoms with Crippen molar-refractivity contribution < 1.29 is 24.2 Å². The average molecular weight is 557 g/mol. The summed E-state index contributed by atoms with van der Waals surface area (Å²) >= 11 is 0. The molecule has 5 rings (SSSR count). The van der Waals surface area contributed by atoms with Crippen LogP contribution in [0.1, 0.15) is 126 Å². The zero-order valence-corrected chi connectivity index (χ0v) is 26.3. The van der Waals surface area contributed by atoms with Gasteiger partial charge in [0, 0.05) is 23.2 Å². The number of ether oxygens (including phenoxy) is 2. The van der Waals surface area contributed by atoms with Crippen molar-refractivity contribution in [2.75, 3.05) is 0 Å². The maximum absolute atomic E-state index is 13.5. The van der Waals surface area contributed by atoms with E-state index in [1.165, 1.54) is 32.1 Å². The van der Waals surface area contributed by atoms with E-state index < -0.39 is 17.1 Å². The minimum Gasteiger partial charge on any atom is -0.393 e. The first-order chi connectivity index (χ1) is 19.0. The van der Waals surface area contributed by atoms with E-state index in [-0.39, 0.29) is 47.1 Å². The third-order valence-corrected chi connectivity index (χ3v) is 11.2. The zero-order valence-electron chi connectivity index (χ0n) is 26.3. The minimum absolute atomic E-state index is 0.0488. The minimum atomic E-state index is -0.951. The zero-order chi connectivity index (χ0) is 29.3. The Hall–Kier alpha value is -1.30. The second kappa shape index (κ2) is 12.5. The molecular weight excluding hydrogens is 500 g/mol. The number of fused-ring (bicyclic) bond motifs is 7. The molecule has 1 saturated heterocycles. The number of rotatable bonds is 9. The number of unbranched alkanes of at least 4 members (excludes halogenated alkanes) is 3. The van der Waals surface area contributed by atoms with E-state index in [0.717, 1.165) is 43.6 Å². The number of aliphatic hydroxyl groups is 1. The van der Waals surface area contributed by atoms with Crippen LogP contribution in [0.15, 0.2) is 23.8 Å². The van der Waals surface area contributed by atoms with Crippen LogP contribution in [0.5, 0.6) is 0 Å². The molecule has 0 aromatic heterocycles. The maximum Gasteiger partial charge on any atom is 0.178 e. The molecule has 1 aliphatic heterocycles. The van der Waals surface area contributed by atoms with Gasteiger partial charge in [-0.1, -0.05) is 98.6 Å². The summed E-state index contributed by atoms with van der Waals surface area (Å²) in [6.07, 6.45) is 16.7. The maximum atomic E-state index is 13.5. The van der Waals surface area contributed by atoms with Gasteiger partial charge in [0.25, 0.3) is 0 Å². The van der Waals surface area contributed by atoms with Gasteiger partial charge in [-0.3, -0.25) is 9.59 Å². The molecule has 3 saturated carbocycles. The predicted octanol–water partition coefficient (Wildman–Crippen LogP) is 7.75. The van der Waals surface area contributed by atoms with Crippen LogP contribution in [-0.4, -0.2) is 40.8 Å². The third kappa shape index (κ3) is 5.33. The van der Waals surface area contributed by atoms with Gasteiger partial charge in [0.15, 0.2) is 23.5 Å². The highest BCUT2D eigenvalue weighted by Gasteiger charge is 2.75. The first-order valence-electron chi connectivity index (χ1n) is 16.5. The van der Waals surface area contributed by atoms with E-state index in [1.54, 1.807) is 12.2 Å². The van der Waals surface area contributed by atoms with Crippen LogP contribution in [-0.2, 0) is 19.1 Å². The molecule has 5 nitrogen and oxygen atoms in total. The molecule has 1 N–H and O–H groups in total. The summed E-state index contributed by atoms with van der Waals surface area (Å²) in [5.74, 6) is 1.66. The number of ketones is 2. The van der Waals surface area contributed by atoms with E-state index in [4.69, 9.17) is 9.47 Å². The highest BCUT2D eigenvalue weighted by Crippen LogP contribution is 2.69. The number of carbonyl (C=O) groups is 2. The molecule has 0 amide bonds. The van der Waals surface area contributed by atoms with Crippen LogP contribution in [0.25, 0.3) is 0 Å². The Morgan fingerprint density at radius 2 is 1.88 bits per heavy atom. The predicted molar refractivity (Wildman–Crippen MR) is 160 cm³/mol. The molecule has 40 heavy (non-hydrogen) atoms. The highest BCUT2D eigenvalue weighted by molar-refractivity contribution is 6.01. The molecule has 0 aromatic rings. The van der Waals surface area contributed by atoms with Crippen molar-refractivity contribution in [3.63, 3.8) is 0 Å². The van der Waals surface area contributed by atoms with Crippen LogP contribution in [0.4, 0.5) is 0 Å². The summed E-state index contributed by atoms with van der Waals surface area (Å²) in [5.41, 5.74) is -0.548. The van der Waals surface area contributed by atoms with Crippen molar-refractivity contribution in [2.45, 2.75) is 150 Å². The Labute approximate surface area is 243 Å². The van der Waals surface area contributed by atoms with E-state index in [9.17, 15) is 14.7 Å². The van der Waals surface area contributed by atoms with Gasteiger partial charge >= 0.3 is 0 Å². The van der Waals surface area contributed by atoms with Gasteiger partial charge in [-0.25, -0.2) is 0 Å². The Morgan fingerprint density at radius 1 is 1.12 bits per heavy atom. The summed E-state index contributed by atoms with van der Waals surface area (Å²) < 4.78 is 12.9. The molecule has 226 valence electrons. The van der Waals surface area contributed by atoms with E-state index in [0.29, 0.717) is 12.8 Å². The smallest absolute Gasteiger partial charge is 0.178 e. The number of carbonyl (C=O) groups excluding carboxylic acids is 2. The van der Waals surface area contributed by atoms with Crippen molar-refractivity contribution in [3.05, 3.63) is 23.8 Å². The first kappa shape index (κ1) is 31.6. The molecule has 0 aromatic carbocycles. The van der Waals surface area contributed by atoms with E-state index in [1.807, 2.05) is 13.0 Å². The van der Waals surface area contributed by atoms with Gasteiger partial charge in [0.05, 0.1) is 12.2 Å². The standard InChI is InChI=1S/C26H36O5.C9H20/c1-5-7-22-30-21-13-18-17-9-8-15-12-16(27)10-11-24(15,3)23(17)19(28)14-25(18,4)26(21,31-22)20(29)6-2;1-4-5-6-7-8-9(2)3/h10-12,17-19,21-23,28H,5-9,13-14H2,1-4H3;9H,4-8H2,1-3H3. The third-order valence-electron chi connectivity index (χ3n) is 11.2. The Bertz CT molecular complexity index is 982. The van der Waals surface area contributed by atoms with Gasteiger partial charge in [-0.2, -0.15) is 0 Å². The molecule has 4 aliphatic carbocycles. The average Bonchev–Trinajstić information content (AvgIpc) is 3.39. The van der Waals surface area contributed by atoms with Crippen LogP contribution in [0, 0.1) is 34.5 Å². The molecule has 1 heterocycles. The second-order valence-corrected chi connectivity index (χ2v) is 14.2. The molecule has 9 atom stereocenters. The summed E-state index contributed by atoms with van der Waals surface area (Å²) in [6.45, 7) is 15.2. The van der Waals surface area contributed by atoms with Gasteiger partial charge in [-0.15, -0.1) is 0 Å². The molecule has 0 spiro atoms. The van der Waals surface area contributed by atoms with Crippen molar-refractivity contribution in [1.29, 1.82) is 0 Å². The fourth-order valence-electron chi connectivity index (χ4n) is 9.25. The number of allylic oxidation sites excluding steroid dienone is 4. The van der Waals surface area contributed by atoms with Crippen LogP contribution in [0.2, 0.25) is 0 Å².